The standard InChI is InChI=1S/C15H14F2N2O2/c1-19(8-9-3-2-4-10(16)7-9)12-6-5-11(17)14(18)13(12)15(20)21/h2-7H,8,18H2,1H3,(H,20,21). The molecule has 0 unspecified atom stereocenters. The summed E-state index contributed by atoms with van der Waals surface area (Å²) in [5.74, 6) is -2.47. The van der Waals surface area contributed by atoms with Crippen molar-refractivity contribution >= 4 is 17.3 Å². The molecule has 0 saturated carbocycles. The van der Waals surface area contributed by atoms with E-state index < -0.39 is 17.5 Å². The molecule has 0 spiro atoms. The molecule has 2 aromatic carbocycles. The third-order valence-corrected chi connectivity index (χ3v) is 3.10. The summed E-state index contributed by atoms with van der Waals surface area (Å²) in [6, 6.07) is 8.40. The number of carboxylic acids is 1. The van der Waals surface area contributed by atoms with Crippen molar-refractivity contribution < 1.29 is 18.7 Å². The highest BCUT2D eigenvalue weighted by molar-refractivity contribution is 6.00. The van der Waals surface area contributed by atoms with E-state index in [-0.39, 0.29) is 23.6 Å². The number of carboxylic acid groups (broad SMARTS) is 1. The molecule has 0 amide bonds. The van der Waals surface area contributed by atoms with E-state index in [9.17, 15) is 18.7 Å². The van der Waals surface area contributed by atoms with Gasteiger partial charge in [0.1, 0.15) is 17.2 Å². The first-order valence-corrected chi connectivity index (χ1v) is 6.17. The molecule has 6 heteroatoms. The Morgan fingerprint density at radius 2 is 2.00 bits per heavy atom. The summed E-state index contributed by atoms with van der Waals surface area (Å²) in [5, 5.41) is 9.20. The molecular weight excluding hydrogens is 278 g/mol. The summed E-state index contributed by atoms with van der Waals surface area (Å²) >= 11 is 0. The predicted molar refractivity (Wildman–Crippen MR) is 76.3 cm³/mol. The van der Waals surface area contributed by atoms with Gasteiger partial charge in [-0.15, -0.1) is 0 Å². The zero-order valence-corrected chi connectivity index (χ0v) is 11.3. The highest BCUT2D eigenvalue weighted by Gasteiger charge is 2.20. The van der Waals surface area contributed by atoms with E-state index in [1.54, 1.807) is 24.1 Å². The number of hydrogen-bond donors (Lipinski definition) is 2. The largest absolute Gasteiger partial charge is 0.478 e. The van der Waals surface area contributed by atoms with E-state index in [0.717, 1.165) is 6.07 Å². The molecule has 2 aromatic rings. The van der Waals surface area contributed by atoms with Crippen LogP contribution >= 0.6 is 0 Å². The molecule has 2 rings (SSSR count). The Morgan fingerprint density at radius 1 is 1.29 bits per heavy atom. The van der Waals surface area contributed by atoms with E-state index in [1.807, 2.05) is 0 Å². The van der Waals surface area contributed by atoms with E-state index >= 15 is 0 Å². The summed E-state index contributed by atoms with van der Waals surface area (Å²) in [7, 11) is 1.63. The molecule has 0 fully saturated rings. The number of nitrogen functional groups attached to an aromatic ring is 1. The second-order valence-electron chi connectivity index (χ2n) is 4.65. The summed E-state index contributed by atoms with van der Waals surface area (Å²) in [6.45, 7) is 0.267. The Hall–Kier alpha value is -2.63. The Bertz CT molecular complexity index is 689. The van der Waals surface area contributed by atoms with Gasteiger partial charge in [-0.1, -0.05) is 12.1 Å². The SMILES string of the molecule is CN(Cc1cccc(F)c1)c1ccc(F)c(N)c1C(=O)O. The highest BCUT2D eigenvalue weighted by Crippen LogP contribution is 2.28. The molecule has 0 bridgehead atoms. The third kappa shape index (κ3) is 3.10. The summed E-state index contributed by atoms with van der Waals surface area (Å²) in [5.41, 5.74) is 5.72. The summed E-state index contributed by atoms with van der Waals surface area (Å²) < 4.78 is 26.6. The number of anilines is 2. The molecular formula is C15H14F2N2O2. The minimum atomic E-state index is -1.31. The fourth-order valence-electron chi connectivity index (χ4n) is 2.12. The van der Waals surface area contributed by atoms with Gasteiger partial charge in [-0.2, -0.15) is 0 Å². The van der Waals surface area contributed by atoms with Crippen LogP contribution < -0.4 is 10.6 Å². The molecule has 0 saturated heterocycles. The lowest BCUT2D eigenvalue weighted by molar-refractivity contribution is 0.0698. The second kappa shape index (κ2) is 5.78. The van der Waals surface area contributed by atoms with E-state index in [1.165, 1.54) is 18.2 Å². The van der Waals surface area contributed by atoms with Crippen LogP contribution in [0, 0.1) is 11.6 Å². The van der Waals surface area contributed by atoms with Gasteiger partial charge in [0.25, 0.3) is 0 Å². The molecule has 0 aliphatic rings. The number of hydrogen-bond acceptors (Lipinski definition) is 3. The summed E-state index contributed by atoms with van der Waals surface area (Å²) in [6.07, 6.45) is 0. The van der Waals surface area contributed by atoms with Gasteiger partial charge in [-0.05, 0) is 29.8 Å². The average Bonchev–Trinajstić information content (AvgIpc) is 2.41. The Balaban J connectivity index is 2.37. The number of benzene rings is 2. The van der Waals surface area contributed by atoms with Gasteiger partial charge >= 0.3 is 5.97 Å². The van der Waals surface area contributed by atoms with Gasteiger partial charge in [0.05, 0.1) is 11.4 Å². The number of rotatable bonds is 4. The van der Waals surface area contributed by atoms with Crippen LogP contribution in [0.4, 0.5) is 20.2 Å². The van der Waals surface area contributed by atoms with Gasteiger partial charge in [0.15, 0.2) is 0 Å². The van der Waals surface area contributed by atoms with Crippen LogP contribution in [-0.4, -0.2) is 18.1 Å². The number of carbonyl (C=O) groups is 1. The van der Waals surface area contributed by atoms with E-state index in [4.69, 9.17) is 5.73 Å². The topological polar surface area (TPSA) is 66.6 Å². The zero-order chi connectivity index (χ0) is 15.6. The van der Waals surface area contributed by atoms with Crippen molar-refractivity contribution in [3.8, 4) is 0 Å². The predicted octanol–water partition coefficient (Wildman–Crippen LogP) is 2.88. The van der Waals surface area contributed by atoms with Crippen LogP contribution in [-0.2, 0) is 6.54 Å². The number of aromatic carboxylic acids is 1. The molecule has 0 aliphatic carbocycles. The maximum atomic E-state index is 13.4. The molecule has 0 heterocycles. The Kier molecular flexibility index (Phi) is 4.07. The van der Waals surface area contributed by atoms with Gasteiger partial charge in [0, 0.05) is 13.6 Å². The van der Waals surface area contributed by atoms with Gasteiger partial charge in [0.2, 0.25) is 0 Å². The first-order valence-electron chi connectivity index (χ1n) is 6.17. The molecule has 4 nitrogen and oxygen atoms in total. The fraction of sp³-hybridized carbons (Fsp3) is 0.133. The normalized spacial score (nSPS) is 10.4. The first kappa shape index (κ1) is 14.8. The molecule has 0 aromatic heterocycles. The summed E-state index contributed by atoms with van der Waals surface area (Å²) in [4.78, 5) is 12.8. The lowest BCUT2D eigenvalue weighted by Gasteiger charge is -2.22. The van der Waals surface area contributed by atoms with Crippen LogP contribution in [0.15, 0.2) is 36.4 Å². The van der Waals surface area contributed by atoms with E-state index in [2.05, 4.69) is 0 Å². The molecule has 0 atom stereocenters. The molecule has 3 N–H and O–H groups in total. The van der Waals surface area contributed by atoms with Crippen LogP contribution in [0.25, 0.3) is 0 Å². The molecule has 0 radical (unpaired) electrons. The minimum absolute atomic E-state index is 0.267. The van der Waals surface area contributed by atoms with Crippen molar-refractivity contribution in [1.29, 1.82) is 0 Å². The minimum Gasteiger partial charge on any atom is -0.478 e. The first-order chi connectivity index (χ1) is 9.90. The number of nitrogens with two attached hydrogens (primary N) is 1. The van der Waals surface area contributed by atoms with Crippen molar-refractivity contribution in [3.05, 3.63) is 59.2 Å². The lowest BCUT2D eigenvalue weighted by atomic mass is 10.1. The number of halogens is 2. The highest BCUT2D eigenvalue weighted by atomic mass is 19.1. The molecule has 21 heavy (non-hydrogen) atoms. The van der Waals surface area contributed by atoms with Gasteiger partial charge in [-0.25, -0.2) is 13.6 Å². The smallest absolute Gasteiger partial charge is 0.340 e. The van der Waals surface area contributed by atoms with E-state index in [0.29, 0.717) is 5.56 Å². The van der Waals surface area contributed by atoms with Gasteiger partial charge < -0.3 is 15.7 Å². The van der Waals surface area contributed by atoms with Crippen LogP contribution in [0.3, 0.4) is 0 Å². The average molecular weight is 292 g/mol. The Labute approximate surface area is 120 Å². The van der Waals surface area contributed by atoms with Crippen molar-refractivity contribution in [2.24, 2.45) is 0 Å². The van der Waals surface area contributed by atoms with Crippen molar-refractivity contribution in [2.45, 2.75) is 6.54 Å². The van der Waals surface area contributed by atoms with Gasteiger partial charge in [-0.3, -0.25) is 0 Å². The van der Waals surface area contributed by atoms with Crippen molar-refractivity contribution in [1.82, 2.24) is 0 Å². The third-order valence-electron chi connectivity index (χ3n) is 3.10. The quantitative estimate of drug-likeness (QED) is 0.850. The van der Waals surface area contributed by atoms with Crippen LogP contribution in [0.2, 0.25) is 0 Å². The second-order valence-corrected chi connectivity index (χ2v) is 4.65. The zero-order valence-electron chi connectivity index (χ0n) is 11.3. The maximum Gasteiger partial charge on any atom is 0.340 e. The van der Waals surface area contributed by atoms with Crippen LogP contribution in [0.1, 0.15) is 15.9 Å². The molecule has 110 valence electrons. The Morgan fingerprint density at radius 3 is 2.62 bits per heavy atom. The molecule has 0 aliphatic heterocycles. The lowest BCUT2D eigenvalue weighted by Crippen LogP contribution is -2.21. The maximum absolute atomic E-state index is 13.4. The number of nitrogens with zero attached hydrogens (tertiary/aromatic N) is 1. The van der Waals surface area contributed by atoms with Crippen LogP contribution in [0.5, 0.6) is 0 Å². The monoisotopic (exact) mass is 292 g/mol. The fourth-order valence-corrected chi connectivity index (χ4v) is 2.12. The van der Waals surface area contributed by atoms with Crippen molar-refractivity contribution in [3.63, 3.8) is 0 Å². The van der Waals surface area contributed by atoms with Crippen molar-refractivity contribution in [2.75, 3.05) is 17.7 Å².